The number of aromatic nitrogens is 2. The highest BCUT2D eigenvalue weighted by Gasteiger charge is 2.22. The van der Waals surface area contributed by atoms with Gasteiger partial charge in [-0.2, -0.15) is 0 Å². The first-order chi connectivity index (χ1) is 9.68. The van der Waals surface area contributed by atoms with Crippen LogP contribution in [0.3, 0.4) is 0 Å². The van der Waals surface area contributed by atoms with Gasteiger partial charge in [-0.15, -0.1) is 0 Å². The summed E-state index contributed by atoms with van der Waals surface area (Å²) in [5, 5.41) is 3.95. The van der Waals surface area contributed by atoms with Gasteiger partial charge in [-0.1, -0.05) is 22.8 Å². The van der Waals surface area contributed by atoms with Crippen molar-refractivity contribution in [3.63, 3.8) is 0 Å². The Kier molecular flexibility index (Phi) is 3.12. The summed E-state index contributed by atoms with van der Waals surface area (Å²) >= 11 is 6.08. The maximum absolute atomic E-state index is 14.1. The van der Waals surface area contributed by atoms with Crippen molar-refractivity contribution < 1.29 is 8.91 Å². The zero-order chi connectivity index (χ0) is 14.1. The molecule has 2 N–H and O–H groups in total. The minimum Gasteiger partial charge on any atom is -0.380 e. The van der Waals surface area contributed by atoms with Crippen LogP contribution in [0, 0.1) is 5.82 Å². The molecule has 0 atom stereocenters. The molecule has 20 heavy (non-hydrogen) atoms. The molecule has 0 radical (unpaired) electrons. The first-order valence-corrected chi connectivity index (χ1v) is 6.16. The number of pyridine rings is 1. The molecule has 0 spiro atoms. The fourth-order valence-electron chi connectivity index (χ4n) is 1.98. The highest BCUT2D eigenvalue weighted by atomic mass is 35.5. The Labute approximate surface area is 119 Å². The van der Waals surface area contributed by atoms with E-state index in [0.29, 0.717) is 16.9 Å². The van der Waals surface area contributed by atoms with Crippen LogP contribution in [0.5, 0.6) is 0 Å². The van der Waals surface area contributed by atoms with Crippen LogP contribution in [-0.2, 0) is 0 Å². The van der Waals surface area contributed by atoms with Crippen LogP contribution in [0.25, 0.3) is 22.5 Å². The molecule has 0 unspecified atom stereocenters. The lowest BCUT2D eigenvalue weighted by atomic mass is 10.0. The van der Waals surface area contributed by atoms with E-state index in [1.165, 1.54) is 12.1 Å². The van der Waals surface area contributed by atoms with Gasteiger partial charge in [0.1, 0.15) is 5.82 Å². The molecular weight excluding hydrogens is 281 g/mol. The van der Waals surface area contributed by atoms with Gasteiger partial charge in [-0.25, -0.2) is 4.39 Å². The molecule has 3 aromatic rings. The Hall–Kier alpha value is -2.40. The second-order valence-electron chi connectivity index (χ2n) is 4.10. The maximum Gasteiger partial charge on any atom is 0.177 e. The molecule has 0 bridgehead atoms. The first-order valence-electron chi connectivity index (χ1n) is 5.78. The van der Waals surface area contributed by atoms with Gasteiger partial charge in [0.05, 0.1) is 10.6 Å². The molecular formula is C14H9ClFN3O. The third kappa shape index (κ3) is 2.02. The Balaban J connectivity index is 2.28. The second kappa shape index (κ2) is 4.94. The van der Waals surface area contributed by atoms with E-state index >= 15 is 0 Å². The Morgan fingerprint density at radius 2 is 1.85 bits per heavy atom. The zero-order valence-electron chi connectivity index (χ0n) is 10.2. The maximum atomic E-state index is 14.1. The predicted octanol–water partition coefficient (Wildman–Crippen LogP) is 3.78. The minimum absolute atomic E-state index is 0.0869. The molecule has 2 aromatic heterocycles. The SMILES string of the molecule is Nc1noc(-c2ccncc2)c1-c1c(F)cccc1Cl. The quantitative estimate of drug-likeness (QED) is 0.780. The van der Waals surface area contributed by atoms with Gasteiger partial charge < -0.3 is 10.3 Å². The van der Waals surface area contributed by atoms with Gasteiger partial charge >= 0.3 is 0 Å². The largest absolute Gasteiger partial charge is 0.380 e. The van der Waals surface area contributed by atoms with Crippen LogP contribution in [0.2, 0.25) is 5.02 Å². The van der Waals surface area contributed by atoms with E-state index in [1.54, 1.807) is 30.6 Å². The lowest BCUT2D eigenvalue weighted by Crippen LogP contribution is -1.92. The lowest BCUT2D eigenvalue weighted by Gasteiger charge is -2.06. The van der Waals surface area contributed by atoms with E-state index in [2.05, 4.69) is 10.1 Å². The predicted molar refractivity (Wildman–Crippen MR) is 74.6 cm³/mol. The number of hydrogen-bond donors (Lipinski definition) is 1. The summed E-state index contributed by atoms with van der Waals surface area (Å²) in [6, 6.07) is 7.86. The number of hydrogen-bond acceptors (Lipinski definition) is 4. The topological polar surface area (TPSA) is 64.9 Å². The van der Waals surface area contributed by atoms with Crippen LogP contribution < -0.4 is 5.73 Å². The summed E-state index contributed by atoms with van der Waals surface area (Å²) in [4.78, 5) is 3.92. The Morgan fingerprint density at radius 1 is 1.10 bits per heavy atom. The highest BCUT2D eigenvalue weighted by Crippen LogP contribution is 2.40. The standard InChI is InChI=1S/C14H9ClFN3O/c15-9-2-1-3-10(16)11(9)12-13(20-19-14(12)17)8-4-6-18-7-5-8/h1-7H,(H2,17,19). The van der Waals surface area contributed by atoms with Crippen molar-refractivity contribution >= 4 is 17.4 Å². The monoisotopic (exact) mass is 289 g/mol. The molecule has 2 heterocycles. The van der Waals surface area contributed by atoms with Crippen molar-refractivity contribution in [1.29, 1.82) is 0 Å². The van der Waals surface area contributed by atoms with Crippen molar-refractivity contribution in [2.75, 3.05) is 5.73 Å². The van der Waals surface area contributed by atoms with Gasteiger partial charge in [-0.05, 0) is 24.3 Å². The summed E-state index contributed by atoms with van der Waals surface area (Å²) in [5.74, 6) is -0.0385. The van der Waals surface area contributed by atoms with Gasteiger partial charge in [0.15, 0.2) is 11.6 Å². The zero-order valence-corrected chi connectivity index (χ0v) is 10.9. The average molecular weight is 290 g/mol. The van der Waals surface area contributed by atoms with Crippen molar-refractivity contribution in [3.8, 4) is 22.5 Å². The van der Waals surface area contributed by atoms with E-state index < -0.39 is 5.82 Å². The third-order valence-electron chi connectivity index (χ3n) is 2.87. The summed E-state index contributed by atoms with van der Waals surface area (Å²) in [5.41, 5.74) is 7.02. The average Bonchev–Trinajstić information content (AvgIpc) is 2.82. The molecule has 0 amide bonds. The van der Waals surface area contributed by atoms with Crippen LogP contribution in [-0.4, -0.2) is 10.1 Å². The fraction of sp³-hybridized carbons (Fsp3) is 0. The second-order valence-corrected chi connectivity index (χ2v) is 4.51. The molecule has 0 aliphatic rings. The molecule has 0 saturated carbocycles. The van der Waals surface area contributed by atoms with E-state index in [0.717, 1.165) is 0 Å². The molecule has 100 valence electrons. The van der Waals surface area contributed by atoms with E-state index in [1.807, 2.05) is 0 Å². The summed E-state index contributed by atoms with van der Waals surface area (Å²) in [6.07, 6.45) is 3.20. The molecule has 0 aliphatic carbocycles. The van der Waals surface area contributed by atoms with E-state index in [-0.39, 0.29) is 16.4 Å². The van der Waals surface area contributed by atoms with Gasteiger partial charge in [0.25, 0.3) is 0 Å². The van der Waals surface area contributed by atoms with Crippen molar-refractivity contribution in [3.05, 3.63) is 53.6 Å². The lowest BCUT2D eigenvalue weighted by molar-refractivity contribution is 0.436. The first kappa shape index (κ1) is 12.6. The van der Waals surface area contributed by atoms with Crippen LogP contribution in [0.1, 0.15) is 0 Å². The number of nitrogens with two attached hydrogens (primary N) is 1. The molecule has 1 aromatic carbocycles. The van der Waals surface area contributed by atoms with Crippen LogP contribution in [0.15, 0.2) is 47.2 Å². The van der Waals surface area contributed by atoms with Crippen molar-refractivity contribution in [1.82, 2.24) is 10.1 Å². The number of nitrogen functional groups attached to an aromatic ring is 1. The highest BCUT2D eigenvalue weighted by molar-refractivity contribution is 6.33. The Bertz CT molecular complexity index is 738. The molecule has 0 saturated heterocycles. The van der Waals surface area contributed by atoms with Gasteiger partial charge in [0.2, 0.25) is 0 Å². The normalized spacial score (nSPS) is 10.7. The third-order valence-corrected chi connectivity index (χ3v) is 3.19. The van der Waals surface area contributed by atoms with Crippen LogP contribution >= 0.6 is 11.6 Å². The smallest absolute Gasteiger partial charge is 0.177 e. The summed E-state index contributed by atoms with van der Waals surface area (Å²) in [6.45, 7) is 0. The molecule has 3 rings (SSSR count). The number of anilines is 1. The fourth-order valence-corrected chi connectivity index (χ4v) is 2.24. The van der Waals surface area contributed by atoms with E-state index in [4.69, 9.17) is 21.9 Å². The summed E-state index contributed by atoms with van der Waals surface area (Å²) in [7, 11) is 0. The number of halogens is 2. The molecule has 0 fully saturated rings. The van der Waals surface area contributed by atoms with Gasteiger partial charge in [0, 0.05) is 23.5 Å². The molecule has 0 aliphatic heterocycles. The minimum atomic E-state index is -0.484. The summed E-state index contributed by atoms with van der Waals surface area (Å²) < 4.78 is 19.3. The molecule has 6 heteroatoms. The van der Waals surface area contributed by atoms with Crippen molar-refractivity contribution in [2.45, 2.75) is 0 Å². The Morgan fingerprint density at radius 3 is 2.55 bits per heavy atom. The number of benzene rings is 1. The number of rotatable bonds is 2. The molecule has 4 nitrogen and oxygen atoms in total. The van der Waals surface area contributed by atoms with Gasteiger partial charge in [-0.3, -0.25) is 4.98 Å². The number of nitrogens with zero attached hydrogens (tertiary/aromatic N) is 2. The van der Waals surface area contributed by atoms with Crippen LogP contribution in [0.4, 0.5) is 10.2 Å². The van der Waals surface area contributed by atoms with E-state index in [9.17, 15) is 4.39 Å². The van der Waals surface area contributed by atoms with Crippen molar-refractivity contribution in [2.24, 2.45) is 0 Å².